The molecule has 22 heavy (non-hydrogen) atoms. The number of nitrogens with one attached hydrogen (secondary N) is 2. The van der Waals surface area contributed by atoms with E-state index in [1.165, 1.54) is 6.07 Å². The largest absolute Gasteiger partial charge is 0.450 e. The molecule has 0 radical (unpaired) electrons. The number of benzene rings is 1. The van der Waals surface area contributed by atoms with Gasteiger partial charge in [-0.25, -0.2) is 9.59 Å². The molecule has 0 saturated carbocycles. The van der Waals surface area contributed by atoms with Gasteiger partial charge in [-0.1, -0.05) is 25.1 Å². The lowest BCUT2D eigenvalue weighted by Gasteiger charge is -2.05. The van der Waals surface area contributed by atoms with Crippen molar-refractivity contribution >= 4 is 28.9 Å². The van der Waals surface area contributed by atoms with E-state index in [4.69, 9.17) is 9.15 Å². The van der Waals surface area contributed by atoms with Crippen molar-refractivity contribution < 1.29 is 23.5 Å². The van der Waals surface area contributed by atoms with Crippen LogP contribution >= 0.6 is 0 Å². The molecule has 0 aliphatic rings. The Labute approximate surface area is 126 Å². The van der Waals surface area contributed by atoms with Crippen LogP contribution in [-0.4, -0.2) is 31.1 Å². The third-order valence-corrected chi connectivity index (χ3v) is 2.75. The summed E-state index contributed by atoms with van der Waals surface area (Å²) in [5.41, 5.74) is 0.554. The summed E-state index contributed by atoms with van der Waals surface area (Å²) in [7, 11) is 0. The first-order chi connectivity index (χ1) is 10.6. The fraction of sp³-hybridized carbons (Fsp3) is 0.267. The van der Waals surface area contributed by atoms with Crippen LogP contribution in [0, 0.1) is 0 Å². The zero-order chi connectivity index (χ0) is 15.9. The number of hydrogen-bond acceptors (Lipinski definition) is 5. The van der Waals surface area contributed by atoms with Gasteiger partial charge in [-0.05, 0) is 18.6 Å². The second-order valence-corrected chi connectivity index (χ2v) is 4.53. The van der Waals surface area contributed by atoms with Crippen LogP contribution in [0.15, 0.2) is 34.7 Å². The average Bonchev–Trinajstić information content (AvgIpc) is 2.94. The fourth-order valence-electron chi connectivity index (χ4n) is 1.73. The molecule has 7 nitrogen and oxygen atoms in total. The predicted molar refractivity (Wildman–Crippen MR) is 78.3 cm³/mol. The highest BCUT2D eigenvalue weighted by Gasteiger charge is 2.16. The number of carbonyl (C=O) groups is 3. The number of carbonyl (C=O) groups excluding carboxylic acids is 3. The molecule has 7 heteroatoms. The summed E-state index contributed by atoms with van der Waals surface area (Å²) < 4.78 is 10.1. The standard InChI is InChI=1S/C15H16N2O5/c1-2-7-16-15(20)17-13(18)9-21-14(19)12-8-10-5-3-4-6-11(10)22-12/h3-6,8H,2,7,9H2,1H3,(H2,16,17,18,20). The zero-order valence-corrected chi connectivity index (χ0v) is 12.0. The molecule has 0 spiro atoms. The Morgan fingerprint density at radius 3 is 2.73 bits per heavy atom. The number of para-hydroxylation sites is 1. The minimum Gasteiger partial charge on any atom is -0.450 e. The van der Waals surface area contributed by atoms with Crippen LogP contribution in [0.2, 0.25) is 0 Å². The number of ether oxygens (including phenoxy) is 1. The van der Waals surface area contributed by atoms with Gasteiger partial charge in [-0.2, -0.15) is 0 Å². The third kappa shape index (κ3) is 4.08. The molecule has 116 valence electrons. The normalized spacial score (nSPS) is 10.2. The van der Waals surface area contributed by atoms with Crippen LogP contribution in [0.25, 0.3) is 11.0 Å². The summed E-state index contributed by atoms with van der Waals surface area (Å²) >= 11 is 0. The van der Waals surface area contributed by atoms with Gasteiger partial charge in [-0.3, -0.25) is 10.1 Å². The second-order valence-electron chi connectivity index (χ2n) is 4.53. The molecule has 0 unspecified atom stereocenters. The molecule has 1 aromatic heterocycles. The van der Waals surface area contributed by atoms with Crippen molar-refractivity contribution in [1.82, 2.24) is 10.6 Å². The van der Waals surface area contributed by atoms with Crippen LogP contribution in [0.4, 0.5) is 4.79 Å². The minimum absolute atomic E-state index is 0.00411. The summed E-state index contributed by atoms with van der Waals surface area (Å²) in [4.78, 5) is 34.5. The van der Waals surface area contributed by atoms with Crippen LogP contribution < -0.4 is 10.6 Å². The number of furan rings is 1. The quantitative estimate of drug-likeness (QED) is 0.821. The van der Waals surface area contributed by atoms with Gasteiger partial charge in [0.25, 0.3) is 5.91 Å². The Morgan fingerprint density at radius 2 is 2.00 bits per heavy atom. The van der Waals surface area contributed by atoms with Gasteiger partial charge < -0.3 is 14.5 Å². The molecule has 2 N–H and O–H groups in total. The average molecular weight is 304 g/mol. The number of rotatable bonds is 5. The first kappa shape index (κ1) is 15.6. The van der Waals surface area contributed by atoms with E-state index in [0.29, 0.717) is 12.1 Å². The van der Waals surface area contributed by atoms with Gasteiger partial charge in [0.2, 0.25) is 5.76 Å². The second kappa shape index (κ2) is 7.26. The van der Waals surface area contributed by atoms with E-state index in [9.17, 15) is 14.4 Å². The molecule has 1 heterocycles. The van der Waals surface area contributed by atoms with E-state index in [0.717, 1.165) is 11.8 Å². The van der Waals surface area contributed by atoms with Gasteiger partial charge in [0.15, 0.2) is 6.61 Å². The van der Waals surface area contributed by atoms with Gasteiger partial charge in [0, 0.05) is 11.9 Å². The molecular formula is C15H16N2O5. The third-order valence-electron chi connectivity index (χ3n) is 2.75. The van der Waals surface area contributed by atoms with Crippen LogP contribution in [0.1, 0.15) is 23.9 Å². The van der Waals surface area contributed by atoms with Crippen molar-refractivity contribution in [2.24, 2.45) is 0 Å². The van der Waals surface area contributed by atoms with E-state index in [-0.39, 0.29) is 5.76 Å². The molecular weight excluding hydrogens is 288 g/mol. The summed E-state index contributed by atoms with van der Waals surface area (Å²) in [5.74, 6) is -1.47. The van der Waals surface area contributed by atoms with Crippen molar-refractivity contribution in [3.63, 3.8) is 0 Å². The smallest absolute Gasteiger partial charge is 0.374 e. The maximum atomic E-state index is 11.8. The van der Waals surface area contributed by atoms with E-state index in [1.54, 1.807) is 18.2 Å². The molecule has 0 aliphatic carbocycles. The summed E-state index contributed by atoms with van der Waals surface area (Å²) in [6, 6.07) is 8.02. The van der Waals surface area contributed by atoms with Crippen molar-refractivity contribution in [1.29, 1.82) is 0 Å². The van der Waals surface area contributed by atoms with Crippen molar-refractivity contribution in [2.45, 2.75) is 13.3 Å². The highest BCUT2D eigenvalue weighted by Crippen LogP contribution is 2.19. The molecule has 0 fully saturated rings. The monoisotopic (exact) mass is 304 g/mol. The van der Waals surface area contributed by atoms with Gasteiger partial charge >= 0.3 is 12.0 Å². The lowest BCUT2D eigenvalue weighted by Crippen LogP contribution is -2.41. The Kier molecular flexibility index (Phi) is 5.13. The Hall–Kier alpha value is -2.83. The van der Waals surface area contributed by atoms with Crippen LogP contribution in [0.5, 0.6) is 0 Å². The highest BCUT2D eigenvalue weighted by molar-refractivity contribution is 5.97. The zero-order valence-electron chi connectivity index (χ0n) is 12.0. The first-order valence-corrected chi connectivity index (χ1v) is 6.83. The van der Waals surface area contributed by atoms with Crippen molar-refractivity contribution in [3.8, 4) is 0 Å². The number of hydrogen-bond donors (Lipinski definition) is 2. The molecule has 0 saturated heterocycles. The van der Waals surface area contributed by atoms with Crippen LogP contribution in [-0.2, 0) is 9.53 Å². The summed E-state index contributed by atoms with van der Waals surface area (Å²) in [5, 5.41) is 5.28. The number of imide groups is 1. The van der Waals surface area contributed by atoms with E-state index in [2.05, 4.69) is 10.6 Å². The first-order valence-electron chi connectivity index (χ1n) is 6.83. The van der Waals surface area contributed by atoms with E-state index in [1.807, 2.05) is 13.0 Å². The predicted octanol–water partition coefficient (Wildman–Crippen LogP) is 1.83. The molecule has 3 amide bonds. The minimum atomic E-state index is -0.764. The number of esters is 1. The van der Waals surface area contributed by atoms with E-state index < -0.39 is 24.5 Å². The molecule has 2 aromatic rings. The fourth-order valence-corrected chi connectivity index (χ4v) is 1.73. The molecule has 0 bridgehead atoms. The maximum Gasteiger partial charge on any atom is 0.374 e. The number of urea groups is 1. The van der Waals surface area contributed by atoms with Crippen LogP contribution in [0.3, 0.4) is 0 Å². The van der Waals surface area contributed by atoms with Crippen molar-refractivity contribution in [3.05, 3.63) is 36.1 Å². The number of fused-ring (bicyclic) bond motifs is 1. The summed E-state index contributed by atoms with van der Waals surface area (Å²) in [6.07, 6.45) is 0.753. The molecule has 0 atom stereocenters. The Balaban J connectivity index is 1.84. The molecule has 0 aliphatic heterocycles. The highest BCUT2D eigenvalue weighted by atomic mass is 16.5. The van der Waals surface area contributed by atoms with E-state index >= 15 is 0 Å². The summed E-state index contributed by atoms with van der Waals surface area (Å²) in [6.45, 7) is 1.78. The lowest BCUT2D eigenvalue weighted by molar-refractivity contribution is -0.123. The molecule has 2 rings (SSSR count). The molecule has 1 aromatic carbocycles. The SMILES string of the molecule is CCCNC(=O)NC(=O)COC(=O)c1cc2ccccc2o1. The number of amides is 3. The maximum absolute atomic E-state index is 11.8. The Bertz CT molecular complexity index is 659. The Morgan fingerprint density at radius 1 is 1.23 bits per heavy atom. The van der Waals surface area contributed by atoms with Gasteiger partial charge in [-0.15, -0.1) is 0 Å². The van der Waals surface area contributed by atoms with Crippen molar-refractivity contribution in [2.75, 3.05) is 13.2 Å². The lowest BCUT2D eigenvalue weighted by atomic mass is 10.2. The van der Waals surface area contributed by atoms with Gasteiger partial charge in [0.1, 0.15) is 5.58 Å². The van der Waals surface area contributed by atoms with Gasteiger partial charge in [0.05, 0.1) is 0 Å². The topological polar surface area (TPSA) is 97.6 Å².